The molecule has 2 N–H and O–H groups in total. The van der Waals surface area contributed by atoms with E-state index in [4.69, 9.17) is 0 Å². The standard InChI is InChI=1S/C14H24F3N3O2/c1-2-19-7-4-3-5-11(19)9-18-12(21)20-8-6-13(22,10-20)14(15,16)17/h11,22H,2-10H2,1H3,(H,18,21)/t11-,13-/m1/s1. The third kappa shape index (κ3) is 3.65. The van der Waals surface area contributed by atoms with Gasteiger partial charge in [0.05, 0.1) is 6.54 Å². The van der Waals surface area contributed by atoms with Crippen molar-refractivity contribution in [3.63, 3.8) is 0 Å². The molecule has 0 aliphatic carbocycles. The lowest BCUT2D eigenvalue weighted by Crippen LogP contribution is -2.51. The quantitative estimate of drug-likeness (QED) is 0.829. The second kappa shape index (κ2) is 6.62. The third-order valence-electron chi connectivity index (χ3n) is 4.71. The van der Waals surface area contributed by atoms with Crippen molar-refractivity contribution >= 4 is 6.03 Å². The van der Waals surface area contributed by atoms with Crippen molar-refractivity contribution in [2.45, 2.75) is 50.4 Å². The van der Waals surface area contributed by atoms with Crippen molar-refractivity contribution in [1.29, 1.82) is 0 Å². The van der Waals surface area contributed by atoms with Crippen molar-refractivity contribution in [1.82, 2.24) is 15.1 Å². The predicted molar refractivity (Wildman–Crippen MR) is 75.5 cm³/mol. The number of carbonyl (C=O) groups excluding carboxylic acids is 1. The number of amides is 2. The van der Waals surface area contributed by atoms with Crippen molar-refractivity contribution in [3.05, 3.63) is 0 Å². The van der Waals surface area contributed by atoms with Gasteiger partial charge >= 0.3 is 12.2 Å². The van der Waals surface area contributed by atoms with Gasteiger partial charge in [0.2, 0.25) is 0 Å². The van der Waals surface area contributed by atoms with Crippen LogP contribution in [0, 0.1) is 0 Å². The number of piperidine rings is 1. The highest BCUT2D eigenvalue weighted by Gasteiger charge is 2.57. The molecule has 22 heavy (non-hydrogen) atoms. The number of aliphatic hydroxyl groups is 1. The molecule has 0 aromatic heterocycles. The van der Waals surface area contributed by atoms with Gasteiger partial charge in [-0.05, 0) is 25.9 Å². The van der Waals surface area contributed by atoms with Crippen LogP contribution in [0.2, 0.25) is 0 Å². The van der Waals surface area contributed by atoms with Gasteiger partial charge < -0.3 is 15.3 Å². The molecule has 0 saturated carbocycles. The Kier molecular flexibility index (Phi) is 5.21. The van der Waals surface area contributed by atoms with E-state index in [2.05, 4.69) is 17.1 Å². The van der Waals surface area contributed by atoms with Crippen molar-refractivity contribution in [2.24, 2.45) is 0 Å². The molecular formula is C14H24F3N3O2. The Morgan fingerprint density at radius 2 is 2.09 bits per heavy atom. The third-order valence-corrected chi connectivity index (χ3v) is 4.71. The molecule has 2 rings (SSSR count). The maximum Gasteiger partial charge on any atom is 0.419 e. The minimum absolute atomic E-state index is 0.0794. The van der Waals surface area contributed by atoms with Gasteiger partial charge in [-0.15, -0.1) is 0 Å². The SMILES string of the molecule is CCN1CCCC[C@@H]1CNC(=O)N1CC[C@](O)(C(F)(F)F)C1. The lowest BCUT2D eigenvalue weighted by atomic mass is 10.0. The van der Waals surface area contributed by atoms with Crippen LogP contribution in [0.15, 0.2) is 0 Å². The van der Waals surface area contributed by atoms with Gasteiger partial charge in [0, 0.05) is 25.6 Å². The number of carbonyl (C=O) groups is 1. The zero-order chi connectivity index (χ0) is 16.4. The van der Waals surface area contributed by atoms with Crippen LogP contribution in [0.3, 0.4) is 0 Å². The first kappa shape index (κ1) is 17.3. The maximum absolute atomic E-state index is 12.7. The van der Waals surface area contributed by atoms with Crippen LogP contribution in [0.25, 0.3) is 0 Å². The molecule has 2 amide bonds. The van der Waals surface area contributed by atoms with Crippen molar-refractivity contribution in [3.8, 4) is 0 Å². The van der Waals surface area contributed by atoms with E-state index in [0.717, 1.165) is 37.3 Å². The number of hydrogen-bond donors (Lipinski definition) is 2. The summed E-state index contributed by atoms with van der Waals surface area (Å²) in [7, 11) is 0. The highest BCUT2D eigenvalue weighted by Crippen LogP contribution is 2.37. The van der Waals surface area contributed by atoms with E-state index in [-0.39, 0.29) is 12.6 Å². The number of likely N-dealkylation sites (N-methyl/N-ethyl adjacent to an activating group) is 1. The number of alkyl halides is 3. The Bertz CT molecular complexity index is 405. The van der Waals surface area contributed by atoms with Gasteiger partial charge in [0.25, 0.3) is 0 Å². The average molecular weight is 323 g/mol. The van der Waals surface area contributed by atoms with Crippen LogP contribution in [0.4, 0.5) is 18.0 Å². The smallest absolute Gasteiger partial charge is 0.379 e. The van der Waals surface area contributed by atoms with Gasteiger partial charge in [-0.1, -0.05) is 13.3 Å². The molecule has 8 heteroatoms. The molecule has 5 nitrogen and oxygen atoms in total. The van der Waals surface area contributed by atoms with Crippen LogP contribution < -0.4 is 5.32 Å². The van der Waals surface area contributed by atoms with Crippen molar-refractivity contribution in [2.75, 3.05) is 32.7 Å². The minimum Gasteiger partial charge on any atom is -0.379 e. The molecule has 2 aliphatic rings. The number of halogens is 3. The second-order valence-corrected chi connectivity index (χ2v) is 6.17. The minimum atomic E-state index is -4.70. The zero-order valence-corrected chi connectivity index (χ0v) is 12.8. The van der Waals surface area contributed by atoms with Gasteiger partial charge in [0.1, 0.15) is 0 Å². The van der Waals surface area contributed by atoms with Crippen LogP contribution in [-0.2, 0) is 0 Å². The summed E-state index contributed by atoms with van der Waals surface area (Å²) in [4.78, 5) is 15.3. The van der Waals surface area contributed by atoms with E-state index in [0.29, 0.717) is 6.54 Å². The lowest BCUT2D eigenvalue weighted by Gasteiger charge is -2.35. The van der Waals surface area contributed by atoms with E-state index in [9.17, 15) is 23.1 Å². The molecule has 0 unspecified atom stereocenters. The monoisotopic (exact) mass is 323 g/mol. The molecule has 2 atom stereocenters. The van der Waals surface area contributed by atoms with Crippen LogP contribution in [0.5, 0.6) is 0 Å². The summed E-state index contributed by atoms with van der Waals surface area (Å²) in [5.41, 5.74) is -2.77. The van der Waals surface area contributed by atoms with E-state index in [1.807, 2.05) is 0 Å². The summed E-state index contributed by atoms with van der Waals surface area (Å²) in [5, 5.41) is 12.3. The summed E-state index contributed by atoms with van der Waals surface area (Å²) in [6.07, 6.45) is -1.93. The zero-order valence-electron chi connectivity index (χ0n) is 12.8. The molecule has 2 aliphatic heterocycles. The summed E-state index contributed by atoms with van der Waals surface area (Å²) in [6, 6.07) is -0.284. The average Bonchev–Trinajstić information content (AvgIpc) is 2.88. The summed E-state index contributed by atoms with van der Waals surface area (Å²) < 4.78 is 38.2. The first-order chi connectivity index (χ1) is 10.3. The molecule has 2 saturated heterocycles. The molecule has 0 bridgehead atoms. The van der Waals surface area contributed by atoms with E-state index in [1.165, 1.54) is 0 Å². The molecule has 0 radical (unpaired) electrons. The number of nitrogens with one attached hydrogen (secondary N) is 1. The van der Waals surface area contributed by atoms with Gasteiger partial charge in [-0.2, -0.15) is 13.2 Å². The molecule has 0 aromatic rings. The largest absolute Gasteiger partial charge is 0.419 e. The number of β-amino-alcohol motifs (C(OH)–C–C–N with tert-alkyl or cyclic N) is 1. The van der Waals surface area contributed by atoms with Crippen LogP contribution in [-0.4, -0.2) is 71.5 Å². The maximum atomic E-state index is 12.7. The van der Waals surface area contributed by atoms with E-state index in [1.54, 1.807) is 0 Å². The molecule has 2 heterocycles. The van der Waals surface area contributed by atoms with Gasteiger partial charge in [-0.3, -0.25) is 4.90 Å². The van der Waals surface area contributed by atoms with E-state index >= 15 is 0 Å². The predicted octanol–water partition coefficient (Wildman–Crippen LogP) is 1.57. The Morgan fingerprint density at radius 1 is 1.36 bits per heavy atom. The molecule has 2 fully saturated rings. The van der Waals surface area contributed by atoms with Crippen LogP contribution in [0.1, 0.15) is 32.6 Å². The van der Waals surface area contributed by atoms with Gasteiger partial charge in [0.15, 0.2) is 5.60 Å². The van der Waals surface area contributed by atoms with Crippen molar-refractivity contribution < 1.29 is 23.1 Å². The molecule has 128 valence electrons. The highest BCUT2D eigenvalue weighted by molar-refractivity contribution is 5.74. The summed E-state index contributed by atoms with van der Waals surface area (Å²) in [5.74, 6) is 0. The van der Waals surface area contributed by atoms with E-state index < -0.39 is 30.8 Å². The topological polar surface area (TPSA) is 55.8 Å². The fraction of sp³-hybridized carbons (Fsp3) is 0.929. The Hall–Kier alpha value is -1.02. The van der Waals surface area contributed by atoms with Crippen LogP contribution >= 0.6 is 0 Å². The normalized spacial score (nSPS) is 30.6. The summed E-state index contributed by atoms with van der Waals surface area (Å²) in [6.45, 7) is 3.62. The second-order valence-electron chi connectivity index (χ2n) is 6.17. The summed E-state index contributed by atoms with van der Waals surface area (Å²) >= 11 is 0. The fourth-order valence-corrected chi connectivity index (χ4v) is 3.22. The number of likely N-dealkylation sites (tertiary alicyclic amines) is 2. The number of urea groups is 1. The molecule has 0 aromatic carbocycles. The Labute approximate surface area is 128 Å². The Balaban J connectivity index is 1.83. The molecule has 0 spiro atoms. The lowest BCUT2D eigenvalue weighted by molar-refractivity contribution is -0.253. The number of nitrogens with zero attached hydrogens (tertiary/aromatic N) is 2. The molecular weight excluding hydrogens is 299 g/mol. The Morgan fingerprint density at radius 3 is 2.68 bits per heavy atom. The number of rotatable bonds is 3. The number of hydrogen-bond acceptors (Lipinski definition) is 3. The van der Waals surface area contributed by atoms with Gasteiger partial charge in [-0.25, -0.2) is 4.79 Å². The highest BCUT2D eigenvalue weighted by atomic mass is 19.4. The first-order valence-electron chi connectivity index (χ1n) is 7.83. The fourth-order valence-electron chi connectivity index (χ4n) is 3.22. The first-order valence-corrected chi connectivity index (χ1v) is 7.83.